The lowest BCUT2D eigenvalue weighted by molar-refractivity contribution is -0.119. The molecule has 0 fully saturated rings. The van der Waals surface area contributed by atoms with Gasteiger partial charge in [0.05, 0.1) is 24.8 Å². The van der Waals surface area contributed by atoms with Gasteiger partial charge in [-0.2, -0.15) is 5.26 Å². The molecule has 0 aliphatic carbocycles. The number of nitriles is 1. The van der Waals surface area contributed by atoms with Crippen molar-refractivity contribution in [2.45, 2.75) is 0 Å². The van der Waals surface area contributed by atoms with Crippen molar-refractivity contribution in [2.75, 3.05) is 38.8 Å². The lowest BCUT2D eigenvalue weighted by Crippen LogP contribution is -2.37. The third kappa shape index (κ3) is 5.12. The number of rotatable bonds is 6. The van der Waals surface area contributed by atoms with Crippen LogP contribution in [-0.4, -0.2) is 44.7 Å². The standard InChI is InChI=1S/C12H15ClN4O2/c1-17(8-12(18)15-3-4-19-2)11-6-9(7-14)5-10(13)16-11/h5-6H,3-4,8H2,1-2H3,(H,15,18). The van der Waals surface area contributed by atoms with Crippen molar-refractivity contribution in [1.82, 2.24) is 10.3 Å². The smallest absolute Gasteiger partial charge is 0.239 e. The second-order valence-corrected chi connectivity index (χ2v) is 4.23. The van der Waals surface area contributed by atoms with Gasteiger partial charge in [-0.25, -0.2) is 4.98 Å². The van der Waals surface area contributed by atoms with Crippen molar-refractivity contribution in [2.24, 2.45) is 0 Å². The van der Waals surface area contributed by atoms with Gasteiger partial charge < -0.3 is 15.0 Å². The molecule has 0 aliphatic heterocycles. The van der Waals surface area contributed by atoms with Crippen molar-refractivity contribution in [1.29, 1.82) is 5.26 Å². The second-order valence-electron chi connectivity index (χ2n) is 3.85. The molecule has 1 aromatic heterocycles. The van der Waals surface area contributed by atoms with Crippen LogP contribution in [0.4, 0.5) is 5.82 Å². The number of aromatic nitrogens is 1. The summed E-state index contributed by atoms with van der Waals surface area (Å²) in [6, 6.07) is 5.04. The first-order valence-corrected chi connectivity index (χ1v) is 5.99. The molecule has 102 valence electrons. The Morgan fingerprint density at radius 2 is 2.37 bits per heavy atom. The molecule has 0 aromatic carbocycles. The summed E-state index contributed by atoms with van der Waals surface area (Å²) in [5, 5.41) is 11.8. The lowest BCUT2D eigenvalue weighted by Gasteiger charge is -2.18. The summed E-state index contributed by atoms with van der Waals surface area (Å²) >= 11 is 5.81. The van der Waals surface area contributed by atoms with Crippen molar-refractivity contribution < 1.29 is 9.53 Å². The summed E-state index contributed by atoms with van der Waals surface area (Å²) < 4.78 is 4.83. The van der Waals surface area contributed by atoms with Crippen molar-refractivity contribution in [3.8, 4) is 6.07 Å². The average Bonchev–Trinajstić information content (AvgIpc) is 2.38. The molecule has 6 nitrogen and oxygen atoms in total. The van der Waals surface area contributed by atoms with Crippen LogP contribution in [0, 0.1) is 11.3 Å². The fourth-order valence-electron chi connectivity index (χ4n) is 1.39. The Labute approximate surface area is 116 Å². The first-order valence-electron chi connectivity index (χ1n) is 5.61. The summed E-state index contributed by atoms with van der Waals surface area (Å²) in [6.07, 6.45) is 0. The zero-order valence-corrected chi connectivity index (χ0v) is 11.6. The van der Waals surface area contributed by atoms with Gasteiger partial charge in [-0.15, -0.1) is 0 Å². The molecule has 19 heavy (non-hydrogen) atoms. The van der Waals surface area contributed by atoms with E-state index in [9.17, 15) is 4.79 Å². The number of hydrogen-bond donors (Lipinski definition) is 1. The maximum absolute atomic E-state index is 11.6. The number of hydrogen-bond acceptors (Lipinski definition) is 5. The van der Waals surface area contributed by atoms with Gasteiger partial charge in [0.15, 0.2) is 0 Å². The van der Waals surface area contributed by atoms with E-state index in [0.29, 0.717) is 24.5 Å². The third-order valence-corrected chi connectivity index (χ3v) is 2.50. The zero-order valence-electron chi connectivity index (χ0n) is 10.8. The van der Waals surface area contributed by atoms with Gasteiger partial charge in [0.1, 0.15) is 11.0 Å². The predicted octanol–water partition coefficient (Wildman–Crippen LogP) is 0.805. The minimum atomic E-state index is -0.153. The minimum absolute atomic E-state index is 0.127. The van der Waals surface area contributed by atoms with Crippen LogP contribution in [-0.2, 0) is 9.53 Å². The average molecular weight is 283 g/mol. The van der Waals surface area contributed by atoms with Crippen LogP contribution in [0.5, 0.6) is 0 Å². The molecule has 0 saturated heterocycles. The Morgan fingerprint density at radius 3 is 3.00 bits per heavy atom. The molecule has 1 amide bonds. The topological polar surface area (TPSA) is 78.2 Å². The lowest BCUT2D eigenvalue weighted by atomic mass is 10.3. The van der Waals surface area contributed by atoms with Crippen LogP contribution >= 0.6 is 11.6 Å². The van der Waals surface area contributed by atoms with E-state index >= 15 is 0 Å². The van der Waals surface area contributed by atoms with Crippen LogP contribution in [0.1, 0.15) is 5.56 Å². The second kappa shape index (κ2) is 7.56. The Bertz CT molecular complexity index is 487. The molecule has 1 rings (SSSR count). The molecule has 0 atom stereocenters. The largest absolute Gasteiger partial charge is 0.383 e. The number of methoxy groups -OCH3 is 1. The van der Waals surface area contributed by atoms with Crippen LogP contribution in [0.3, 0.4) is 0 Å². The van der Waals surface area contributed by atoms with E-state index in [-0.39, 0.29) is 17.6 Å². The molecular weight excluding hydrogens is 268 g/mol. The molecule has 7 heteroatoms. The predicted molar refractivity (Wildman–Crippen MR) is 72.1 cm³/mol. The Balaban J connectivity index is 2.63. The Hall–Kier alpha value is -1.84. The van der Waals surface area contributed by atoms with E-state index in [0.717, 1.165) is 0 Å². The van der Waals surface area contributed by atoms with Crippen molar-refractivity contribution in [3.05, 3.63) is 22.8 Å². The number of amides is 1. The number of halogens is 1. The van der Waals surface area contributed by atoms with Crippen LogP contribution in [0.15, 0.2) is 12.1 Å². The number of anilines is 1. The molecule has 0 spiro atoms. The molecule has 1 aromatic rings. The molecule has 1 heterocycles. The maximum Gasteiger partial charge on any atom is 0.239 e. The van der Waals surface area contributed by atoms with Gasteiger partial charge in [0.2, 0.25) is 5.91 Å². The van der Waals surface area contributed by atoms with Crippen molar-refractivity contribution in [3.63, 3.8) is 0 Å². The number of likely N-dealkylation sites (N-methyl/N-ethyl adjacent to an activating group) is 1. The monoisotopic (exact) mass is 282 g/mol. The number of nitrogens with zero attached hydrogens (tertiary/aromatic N) is 3. The highest BCUT2D eigenvalue weighted by Gasteiger charge is 2.10. The highest BCUT2D eigenvalue weighted by molar-refractivity contribution is 6.29. The molecule has 0 saturated carbocycles. The number of carbonyl (C=O) groups is 1. The Kier molecular flexibility index (Phi) is 6.06. The maximum atomic E-state index is 11.6. The quantitative estimate of drug-likeness (QED) is 0.617. The number of ether oxygens (including phenoxy) is 1. The molecule has 0 aliphatic rings. The molecule has 1 N–H and O–H groups in total. The van der Waals surface area contributed by atoms with Gasteiger partial charge in [-0.3, -0.25) is 4.79 Å². The number of pyridine rings is 1. The summed E-state index contributed by atoms with van der Waals surface area (Å²) in [4.78, 5) is 17.3. The number of carbonyl (C=O) groups excluding carboxylic acids is 1. The van der Waals surface area contributed by atoms with Crippen LogP contribution in [0.2, 0.25) is 5.15 Å². The van der Waals surface area contributed by atoms with E-state index < -0.39 is 0 Å². The van der Waals surface area contributed by atoms with Crippen molar-refractivity contribution >= 4 is 23.3 Å². The fourth-order valence-corrected chi connectivity index (χ4v) is 1.59. The highest BCUT2D eigenvalue weighted by Crippen LogP contribution is 2.16. The van der Waals surface area contributed by atoms with E-state index in [1.807, 2.05) is 6.07 Å². The first kappa shape index (κ1) is 15.2. The minimum Gasteiger partial charge on any atom is -0.383 e. The fraction of sp³-hybridized carbons (Fsp3) is 0.417. The van der Waals surface area contributed by atoms with Gasteiger partial charge >= 0.3 is 0 Å². The summed E-state index contributed by atoms with van der Waals surface area (Å²) in [7, 11) is 3.27. The van der Waals surface area contributed by atoms with Gasteiger partial charge in [0.25, 0.3) is 0 Å². The van der Waals surface area contributed by atoms with Gasteiger partial charge in [-0.05, 0) is 12.1 Å². The van der Waals surface area contributed by atoms with E-state index in [1.165, 1.54) is 6.07 Å². The zero-order chi connectivity index (χ0) is 14.3. The normalized spacial score (nSPS) is 9.79. The van der Waals surface area contributed by atoms with E-state index in [4.69, 9.17) is 21.6 Å². The highest BCUT2D eigenvalue weighted by atomic mass is 35.5. The SMILES string of the molecule is COCCNC(=O)CN(C)c1cc(C#N)cc(Cl)n1. The van der Waals surface area contributed by atoms with Crippen LogP contribution < -0.4 is 10.2 Å². The van der Waals surface area contributed by atoms with Gasteiger partial charge in [0, 0.05) is 20.7 Å². The number of nitrogens with one attached hydrogen (secondary N) is 1. The third-order valence-electron chi connectivity index (χ3n) is 2.31. The summed E-state index contributed by atoms with van der Waals surface area (Å²) in [6.45, 7) is 1.04. The summed E-state index contributed by atoms with van der Waals surface area (Å²) in [5.41, 5.74) is 0.404. The molecule has 0 radical (unpaired) electrons. The molecular formula is C12H15ClN4O2. The van der Waals surface area contributed by atoms with E-state index in [2.05, 4.69) is 10.3 Å². The summed E-state index contributed by atoms with van der Waals surface area (Å²) in [5.74, 6) is 0.325. The molecule has 0 unspecified atom stereocenters. The van der Waals surface area contributed by atoms with E-state index in [1.54, 1.807) is 25.1 Å². The van der Waals surface area contributed by atoms with Crippen LogP contribution in [0.25, 0.3) is 0 Å². The molecule has 0 bridgehead atoms. The first-order chi connectivity index (χ1) is 9.06. The Morgan fingerprint density at radius 1 is 1.63 bits per heavy atom. The van der Waals surface area contributed by atoms with Gasteiger partial charge in [-0.1, -0.05) is 11.6 Å².